The highest BCUT2D eigenvalue weighted by Crippen LogP contribution is 2.23. The van der Waals surface area contributed by atoms with Crippen molar-refractivity contribution in [3.05, 3.63) is 24.0 Å². The van der Waals surface area contributed by atoms with Crippen molar-refractivity contribution in [3.8, 4) is 0 Å². The van der Waals surface area contributed by atoms with Crippen LogP contribution in [0.5, 0.6) is 0 Å². The number of carbonyl (C=O) groups excluding carboxylic acids is 1. The Kier molecular flexibility index (Phi) is 4.38. The van der Waals surface area contributed by atoms with Crippen molar-refractivity contribution >= 4 is 6.09 Å². The first kappa shape index (κ1) is 14.9. The van der Waals surface area contributed by atoms with Crippen molar-refractivity contribution in [2.24, 2.45) is 0 Å². The Morgan fingerprint density at radius 3 is 2.85 bits per heavy atom. The molecule has 2 rings (SSSR count). The highest BCUT2D eigenvalue weighted by atomic mass is 16.6. The van der Waals surface area contributed by atoms with Crippen LogP contribution in [0.3, 0.4) is 0 Å². The van der Waals surface area contributed by atoms with Crippen molar-refractivity contribution in [1.29, 1.82) is 0 Å². The van der Waals surface area contributed by atoms with Gasteiger partial charge in [0.1, 0.15) is 5.60 Å². The van der Waals surface area contributed by atoms with E-state index < -0.39 is 5.60 Å². The third kappa shape index (κ3) is 4.00. The predicted molar refractivity (Wildman–Crippen MR) is 76.5 cm³/mol. The molecule has 0 spiro atoms. The number of likely N-dealkylation sites (tertiary alicyclic amines) is 1. The summed E-state index contributed by atoms with van der Waals surface area (Å²) in [6, 6.07) is 3.96. The van der Waals surface area contributed by atoms with Gasteiger partial charge in [-0.25, -0.2) is 4.79 Å². The van der Waals surface area contributed by atoms with Gasteiger partial charge in [-0.2, -0.15) is 0 Å². The Labute approximate surface area is 120 Å². The first-order valence-corrected chi connectivity index (χ1v) is 7.12. The molecule has 1 N–H and O–H groups in total. The summed E-state index contributed by atoms with van der Waals surface area (Å²) in [5.74, 6) is 0. The van der Waals surface area contributed by atoms with Gasteiger partial charge in [0.2, 0.25) is 0 Å². The van der Waals surface area contributed by atoms with Crippen LogP contribution in [0, 0.1) is 0 Å². The van der Waals surface area contributed by atoms with E-state index in [0.717, 1.165) is 12.1 Å². The Balaban J connectivity index is 1.82. The monoisotopic (exact) mass is 280 g/mol. The summed E-state index contributed by atoms with van der Waals surface area (Å²) < 4.78 is 11.4. The van der Waals surface area contributed by atoms with Crippen LogP contribution in [-0.4, -0.2) is 40.8 Å². The number of ether oxygens (including phenoxy) is 2. The molecule has 1 aromatic rings. The van der Waals surface area contributed by atoms with Gasteiger partial charge in [-0.3, -0.25) is 0 Å². The van der Waals surface area contributed by atoms with E-state index in [1.165, 1.54) is 0 Å². The number of nitrogens with one attached hydrogen (secondary N) is 1. The summed E-state index contributed by atoms with van der Waals surface area (Å²) in [7, 11) is 0. The summed E-state index contributed by atoms with van der Waals surface area (Å²) in [4.78, 5) is 16.8. The number of hydrogen-bond acceptors (Lipinski definition) is 3. The molecule has 2 atom stereocenters. The number of aromatic nitrogens is 1. The van der Waals surface area contributed by atoms with Crippen LogP contribution in [0.25, 0.3) is 0 Å². The summed E-state index contributed by atoms with van der Waals surface area (Å²) in [5, 5.41) is 0. The molecule has 112 valence electrons. The maximum atomic E-state index is 12.0. The van der Waals surface area contributed by atoms with E-state index in [1.54, 1.807) is 4.90 Å². The Bertz CT molecular complexity index is 436. The lowest BCUT2D eigenvalue weighted by Gasteiger charge is -2.24. The number of rotatable bonds is 3. The maximum Gasteiger partial charge on any atom is 0.410 e. The second-order valence-electron chi connectivity index (χ2n) is 6.24. The van der Waals surface area contributed by atoms with Gasteiger partial charge in [-0.1, -0.05) is 0 Å². The van der Waals surface area contributed by atoms with E-state index in [1.807, 2.05) is 46.0 Å². The lowest BCUT2D eigenvalue weighted by atomic mass is 10.2. The molecule has 2 heterocycles. The van der Waals surface area contributed by atoms with Crippen molar-refractivity contribution in [2.75, 3.05) is 13.1 Å². The molecule has 1 saturated heterocycles. The molecule has 1 aliphatic rings. The molecule has 5 heteroatoms. The summed E-state index contributed by atoms with van der Waals surface area (Å²) in [5.41, 5.74) is 0.605. The standard InChI is InChI=1S/C15H24N2O3/c1-11(13-6-5-8-16-13)19-12-7-9-17(10-12)14(18)20-15(2,3)4/h5-6,8,11-12,16H,7,9-10H2,1-4H3/t11-,12-/m0/s1. The molecule has 0 aliphatic carbocycles. The number of carbonyl (C=O) groups is 1. The first-order valence-electron chi connectivity index (χ1n) is 7.12. The van der Waals surface area contributed by atoms with Crippen molar-refractivity contribution in [1.82, 2.24) is 9.88 Å². The first-order chi connectivity index (χ1) is 9.35. The zero-order valence-electron chi connectivity index (χ0n) is 12.7. The fraction of sp³-hybridized carbons (Fsp3) is 0.667. The van der Waals surface area contributed by atoms with Crippen LogP contribution >= 0.6 is 0 Å². The average Bonchev–Trinajstić information content (AvgIpc) is 2.97. The lowest BCUT2D eigenvalue weighted by Crippen LogP contribution is -2.36. The molecule has 0 radical (unpaired) electrons. The molecule has 1 aromatic heterocycles. The van der Waals surface area contributed by atoms with Gasteiger partial charge < -0.3 is 19.4 Å². The van der Waals surface area contributed by atoms with E-state index >= 15 is 0 Å². The molecule has 20 heavy (non-hydrogen) atoms. The van der Waals surface area contributed by atoms with Crippen LogP contribution in [0.1, 0.15) is 45.9 Å². The Hall–Kier alpha value is -1.49. The lowest BCUT2D eigenvalue weighted by molar-refractivity contribution is -0.00538. The third-order valence-corrected chi connectivity index (χ3v) is 3.25. The van der Waals surface area contributed by atoms with Crippen molar-refractivity contribution in [3.63, 3.8) is 0 Å². The molecule has 0 bridgehead atoms. The molecule has 0 saturated carbocycles. The third-order valence-electron chi connectivity index (χ3n) is 3.25. The number of hydrogen-bond donors (Lipinski definition) is 1. The van der Waals surface area contributed by atoms with Crippen LogP contribution in [0.15, 0.2) is 18.3 Å². The number of amides is 1. The number of H-pyrrole nitrogens is 1. The molecule has 1 fully saturated rings. The summed E-state index contributed by atoms with van der Waals surface area (Å²) >= 11 is 0. The van der Waals surface area contributed by atoms with Crippen LogP contribution < -0.4 is 0 Å². The minimum atomic E-state index is -0.451. The van der Waals surface area contributed by atoms with E-state index in [9.17, 15) is 4.79 Å². The minimum absolute atomic E-state index is 0.00795. The van der Waals surface area contributed by atoms with Gasteiger partial charge in [0.25, 0.3) is 0 Å². The topological polar surface area (TPSA) is 54.6 Å². The van der Waals surface area contributed by atoms with Gasteiger partial charge in [0.05, 0.1) is 18.8 Å². The smallest absolute Gasteiger partial charge is 0.410 e. The highest BCUT2D eigenvalue weighted by molar-refractivity contribution is 5.68. The van der Waals surface area contributed by atoms with Crippen LogP contribution in [0.2, 0.25) is 0 Å². The largest absolute Gasteiger partial charge is 0.444 e. The van der Waals surface area contributed by atoms with E-state index in [0.29, 0.717) is 13.1 Å². The quantitative estimate of drug-likeness (QED) is 0.925. The highest BCUT2D eigenvalue weighted by Gasteiger charge is 2.31. The maximum absolute atomic E-state index is 12.0. The Morgan fingerprint density at radius 2 is 2.25 bits per heavy atom. The van der Waals surface area contributed by atoms with E-state index in [-0.39, 0.29) is 18.3 Å². The minimum Gasteiger partial charge on any atom is -0.444 e. The summed E-state index contributed by atoms with van der Waals surface area (Å²) in [6.45, 7) is 8.94. The number of aromatic amines is 1. The fourth-order valence-corrected chi connectivity index (χ4v) is 2.29. The van der Waals surface area contributed by atoms with Gasteiger partial charge in [0, 0.05) is 18.4 Å². The molecule has 1 aliphatic heterocycles. The van der Waals surface area contributed by atoms with Crippen LogP contribution in [-0.2, 0) is 9.47 Å². The van der Waals surface area contributed by atoms with Crippen LogP contribution in [0.4, 0.5) is 4.79 Å². The number of nitrogens with zero attached hydrogens (tertiary/aromatic N) is 1. The van der Waals surface area contributed by atoms with Crippen molar-refractivity contribution in [2.45, 2.75) is 51.9 Å². The van der Waals surface area contributed by atoms with Gasteiger partial charge >= 0.3 is 6.09 Å². The summed E-state index contributed by atoms with van der Waals surface area (Å²) in [6.07, 6.45) is 2.56. The average molecular weight is 280 g/mol. The van der Waals surface area contributed by atoms with Gasteiger partial charge in [0.15, 0.2) is 0 Å². The molecule has 0 aromatic carbocycles. The second-order valence-corrected chi connectivity index (χ2v) is 6.24. The zero-order valence-corrected chi connectivity index (χ0v) is 12.7. The molecular formula is C15H24N2O3. The van der Waals surface area contributed by atoms with Gasteiger partial charge in [-0.05, 0) is 46.2 Å². The second kappa shape index (κ2) is 5.87. The van der Waals surface area contributed by atoms with Crippen molar-refractivity contribution < 1.29 is 14.3 Å². The fourth-order valence-electron chi connectivity index (χ4n) is 2.29. The predicted octanol–water partition coefficient (Wildman–Crippen LogP) is 3.10. The SMILES string of the molecule is C[C@H](O[C@H]1CCN(C(=O)OC(C)(C)C)C1)c1ccc[nH]1. The Morgan fingerprint density at radius 1 is 1.50 bits per heavy atom. The molecule has 0 unspecified atom stereocenters. The van der Waals surface area contributed by atoms with E-state index in [2.05, 4.69) is 4.98 Å². The molecular weight excluding hydrogens is 256 g/mol. The normalized spacial score (nSPS) is 21.0. The van der Waals surface area contributed by atoms with Gasteiger partial charge in [-0.15, -0.1) is 0 Å². The van der Waals surface area contributed by atoms with E-state index in [4.69, 9.17) is 9.47 Å². The molecule has 5 nitrogen and oxygen atoms in total. The molecule has 1 amide bonds. The zero-order chi connectivity index (χ0) is 14.8.